The van der Waals surface area contributed by atoms with Gasteiger partial charge in [-0.3, -0.25) is 0 Å². The molecule has 8 rings (SSSR count). The summed E-state index contributed by atoms with van der Waals surface area (Å²) in [5, 5.41) is 7.14. The van der Waals surface area contributed by atoms with Gasteiger partial charge < -0.3 is 20.4 Å². The van der Waals surface area contributed by atoms with Gasteiger partial charge in [0.2, 0.25) is 19.7 Å². The van der Waals surface area contributed by atoms with Crippen molar-refractivity contribution in [2.75, 3.05) is 49.9 Å². The molecule has 4 heterocycles. The van der Waals surface area contributed by atoms with Crippen molar-refractivity contribution in [2.24, 2.45) is 0 Å². The second kappa shape index (κ2) is 14.9. The molecule has 2 fully saturated rings. The molecule has 0 aliphatic carbocycles. The molecule has 8 nitrogen and oxygen atoms in total. The van der Waals surface area contributed by atoms with Gasteiger partial charge in [-0.1, -0.05) is 19.9 Å². The molecule has 52 heavy (non-hydrogen) atoms. The van der Waals surface area contributed by atoms with E-state index in [2.05, 4.69) is 34.3 Å². The van der Waals surface area contributed by atoms with Crippen molar-refractivity contribution in [1.29, 1.82) is 0 Å². The summed E-state index contributed by atoms with van der Waals surface area (Å²) in [7, 11) is -7.37. The Morgan fingerprint density at radius 2 is 1.00 bits per heavy atom. The van der Waals surface area contributed by atoms with Gasteiger partial charge >= 0.3 is 0 Å². The summed E-state index contributed by atoms with van der Waals surface area (Å²) in [6.07, 6.45) is 4.16. The Hall–Kier alpha value is -3.84. The first-order valence-electron chi connectivity index (χ1n) is 18.2. The average Bonchev–Trinajstić information content (AvgIpc) is 3.50. The van der Waals surface area contributed by atoms with Crippen LogP contribution in [0.1, 0.15) is 62.5 Å². The van der Waals surface area contributed by atoms with Gasteiger partial charge in [-0.15, -0.1) is 0 Å². The fourth-order valence-corrected chi connectivity index (χ4v) is 10.9. The number of fused-ring (bicyclic) bond motifs is 6. The molecule has 4 aromatic rings. The number of likely N-dealkylation sites (tertiary alicyclic amines) is 2. The van der Waals surface area contributed by atoms with E-state index in [1.165, 1.54) is 42.5 Å². The van der Waals surface area contributed by atoms with Crippen LogP contribution >= 0.6 is 0 Å². The Labute approximate surface area is 306 Å². The summed E-state index contributed by atoms with van der Waals surface area (Å²) in [5.41, 5.74) is 4.24. The van der Waals surface area contributed by atoms with Crippen LogP contribution in [0.15, 0.2) is 105 Å². The van der Waals surface area contributed by atoms with Gasteiger partial charge in [-0.25, -0.2) is 25.6 Å². The van der Waals surface area contributed by atoms with Crippen LogP contribution < -0.4 is 10.6 Å². The molecular formula is C40H46F2N4O4S2. The largest absolute Gasteiger partial charge is 0.381 e. The van der Waals surface area contributed by atoms with Crippen molar-refractivity contribution in [1.82, 2.24) is 9.80 Å². The summed E-state index contributed by atoms with van der Waals surface area (Å²) in [4.78, 5) is 5.52. The Morgan fingerprint density at radius 1 is 0.558 bits per heavy atom. The molecule has 12 heteroatoms. The number of hydrogen-bond donors (Lipinski definition) is 2. The van der Waals surface area contributed by atoms with Gasteiger partial charge in [0.15, 0.2) is 0 Å². The highest BCUT2D eigenvalue weighted by atomic mass is 32.2. The van der Waals surface area contributed by atoms with Gasteiger partial charge in [-0.2, -0.15) is 0 Å². The first kappa shape index (κ1) is 36.5. The molecule has 4 aromatic carbocycles. The van der Waals surface area contributed by atoms with Crippen molar-refractivity contribution in [3.63, 3.8) is 0 Å². The van der Waals surface area contributed by atoms with Crippen LogP contribution in [0.4, 0.5) is 20.2 Å². The maximum atomic E-state index is 13.5. The Bertz CT molecular complexity index is 2150. The Kier molecular flexibility index (Phi) is 10.5. The van der Waals surface area contributed by atoms with E-state index in [1.807, 2.05) is 18.2 Å². The maximum Gasteiger partial charge on any atom is 0.206 e. The number of benzene rings is 4. The fourth-order valence-electron chi connectivity index (χ4n) is 8.25. The van der Waals surface area contributed by atoms with Crippen molar-refractivity contribution in [2.45, 2.75) is 83.0 Å². The lowest BCUT2D eigenvalue weighted by Crippen LogP contribution is -2.25. The van der Waals surface area contributed by atoms with Crippen LogP contribution in [-0.4, -0.2) is 78.0 Å². The Balaban J connectivity index is 0.000000162. The van der Waals surface area contributed by atoms with E-state index in [0.717, 1.165) is 93.5 Å². The molecule has 0 unspecified atom stereocenters. The first-order valence-corrected chi connectivity index (χ1v) is 21.2. The van der Waals surface area contributed by atoms with E-state index in [0.29, 0.717) is 23.9 Å². The Morgan fingerprint density at radius 3 is 1.48 bits per heavy atom. The van der Waals surface area contributed by atoms with Crippen molar-refractivity contribution in [3.8, 4) is 0 Å². The number of sulfone groups is 2. The maximum absolute atomic E-state index is 13.5. The molecule has 0 amide bonds. The zero-order valence-corrected chi connectivity index (χ0v) is 31.2. The molecule has 4 aliphatic rings. The van der Waals surface area contributed by atoms with Gasteiger partial charge in [0.1, 0.15) is 11.6 Å². The lowest BCUT2D eigenvalue weighted by atomic mass is 9.91. The third-order valence-electron chi connectivity index (χ3n) is 11.3. The van der Waals surface area contributed by atoms with Crippen molar-refractivity contribution < 1.29 is 25.6 Å². The first-order chi connectivity index (χ1) is 25.0. The molecule has 0 spiro atoms. The minimum atomic E-state index is -3.72. The molecular weight excluding hydrogens is 703 g/mol. The van der Waals surface area contributed by atoms with Crippen molar-refractivity contribution >= 4 is 31.0 Å². The van der Waals surface area contributed by atoms with E-state index in [-0.39, 0.29) is 19.6 Å². The molecule has 4 atom stereocenters. The highest BCUT2D eigenvalue weighted by Gasteiger charge is 2.37. The van der Waals surface area contributed by atoms with Crippen LogP contribution in [0.5, 0.6) is 0 Å². The number of anilines is 2. The summed E-state index contributed by atoms with van der Waals surface area (Å²) in [6.45, 7) is 10.6. The normalized spacial score (nSPS) is 23.0. The summed E-state index contributed by atoms with van der Waals surface area (Å²) >= 11 is 0. The van der Waals surface area contributed by atoms with Crippen LogP contribution in [0.25, 0.3) is 0 Å². The topological polar surface area (TPSA) is 98.8 Å². The monoisotopic (exact) mass is 748 g/mol. The molecule has 2 saturated heterocycles. The van der Waals surface area contributed by atoms with E-state index in [4.69, 9.17) is 0 Å². The smallest absolute Gasteiger partial charge is 0.206 e. The van der Waals surface area contributed by atoms with E-state index in [1.54, 1.807) is 18.2 Å². The second-order valence-electron chi connectivity index (χ2n) is 14.2. The zero-order valence-electron chi connectivity index (χ0n) is 29.6. The van der Waals surface area contributed by atoms with Crippen LogP contribution in [0, 0.1) is 11.6 Å². The number of nitrogens with zero attached hydrogens (tertiary/aromatic N) is 2. The predicted molar refractivity (Wildman–Crippen MR) is 200 cm³/mol. The summed E-state index contributed by atoms with van der Waals surface area (Å²) < 4.78 is 78.3. The summed E-state index contributed by atoms with van der Waals surface area (Å²) in [6, 6.07) is 21.5. The van der Waals surface area contributed by atoms with Crippen LogP contribution in [-0.2, 0) is 19.7 Å². The molecule has 276 valence electrons. The van der Waals surface area contributed by atoms with Gasteiger partial charge in [-0.05, 0) is 142 Å². The third kappa shape index (κ3) is 7.22. The van der Waals surface area contributed by atoms with Gasteiger partial charge in [0.05, 0.1) is 19.6 Å². The molecule has 0 aromatic heterocycles. The SMILES string of the molecule is CCN1CC[C@@H]2Nc3ccc(S(=O)(=O)c4ccc(F)cc4)cc3[C@@H]2CC1.CCN1CC[C@@H]2Nc3ccc(S(=O)(=O)c4cccc(F)c4)cc3[C@@H]2CC1. The minimum Gasteiger partial charge on any atom is -0.381 e. The number of hydrogen-bond acceptors (Lipinski definition) is 8. The van der Waals surface area contributed by atoms with Crippen LogP contribution in [0.3, 0.4) is 0 Å². The molecule has 0 saturated carbocycles. The molecule has 0 bridgehead atoms. The van der Waals surface area contributed by atoms with Crippen molar-refractivity contribution in [3.05, 3.63) is 108 Å². The highest BCUT2D eigenvalue weighted by molar-refractivity contribution is 7.91. The zero-order chi connectivity index (χ0) is 36.6. The fraction of sp³-hybridized carbons (Fsp3) is 0.400. The quantitative estimate of drug-likeness (QED) is 0.198. The lowest BCUT2D eigenvalue weighted by Gasteiger charge is -2.17. The van der Waals surface area contributed by atoms with Gasteiger partial charge in [0, 0.05) is 48.4 Å². The number of halogens is 2. The average molecular weight is 749 g/mol. The minimum absolute atomic E-state index is 0.00187. The summed E-state index contributed by atoms with van der Waals surface area (Å²) in [5.74, 6) is -0.324. The van der Waals surface area contributed by atoms with Gasteiger partial charge in [0.25, 0.3) is 0 Å². The molecule has 4 aliphatic heterocycles. The second-order valence-corrected chi connectivity index (χ2v) is 18.1. The highest BCUT2D eigenvalue weighted by Crippen LogP contribution is 2.44. The number of rotatable bonds is 6. The molecule has 0 radical (unpaired) electrons. The van der Waals surface area contributed by atoms with Crippen LogP contribution in [0.2, 0.25) is 0 Å². The van der Waals surface area contributed by atoms with E-state index >= 15 is 0 Å². The predicted octanol–water partition coefficient (Wildman–Crippen LogP) is 7.30. The number of nitrogens with one attached hydrogen (secondary N) is 2. The van der Waals surface area contributed by atoms with E-state index in [9.17, 15) is 25.6 Å². The molecule has 2 N–H and O–H groups in total. The lowest BCUT2D eigenvalue weighted by molar-refractivity contribution is 0.298. The van der Waals surface area contributed by atoms with E-state index < -0.39 is 31.3 Å². The standard InChI is InChI=1S/2C20H23FN2O2S/c1-2-23-11-9-17-18-13-16(7-8-19(18)22-20(17)10-12-23)26(24,25)15-5-3-14(21)4-6-15;1-2-23-10-8-17-18-13-16(6-7-19(18)22-20(17)9-11-23)26(24,25)15-5-3-4-14(21)12-15/h3-8,13,17,20,22H,2,9-12H2,1H3;3-7,12-13,17,20,22H,2,8-11H2,1H3/t2*17-,20-/m00/s1. The third-order valence-corrected chi connectivity index (χ3v) is 14.8.